The van der Waals surface area contributed by atoms with Crippen LogP contribution in [0, 0.1) is 0 Å². The third-order valence-corrected chi connectivity index (χ3v) is 4.25. The van der Waals surface area contributed by atoms with E-state index >= 15 is 0 Å². The van der Waals surface area contributed by atoms with Crippen LogP contribution in [0.1, 0.15) is 51.0 Å². The van der Waals surface area contributed by atoms with E-state index in [9.17, 15) is 0 Å². The number of fused-ring (bicyclic) bond motifs is 2. The lowest BCUT2D eigenvalue weighted by molar-refractivity contribution is 0.608. The highest BCUT2D eigenvalue weighted by molar-refractivity contribution is 5.87. The first kappa shape index (κ1) is 15.0. The van der Waals surface area contributed by atoms with E-state index in [0.717, 1.165) is 28.5 Å². The molecule has 2 aromatic carbocycles. The van der Waals surface area contributed by atoms with Crippen LogP contribution in [0.15, 0.2) is 42.5 Å². The van der Waals surface area contributed by atoms with Gasteiger partial charge in [0.15, 0.2) is 0 Å². The molecular weight excluding hydrogens is 268 g/mol. The van der Waals surface area contributed by atoms with Crippen LogP contribution in [-0.4, -0.2) is 9.97 Å². The molecule has 0 atom stereocenters. The molecule has 0 radical (unpaired) electrons. The number of benzene rings is 2. The number of unbranched alkanes of at least 4 members (excludes halogenated alkanes) is 5. The summed E-state index contributed by atoms with van der Waals surface area (Å²) in [5.74, 6) is 0. The number of hydrogen-bond donors (Lipinski definition) is 0. The molecule has 0 saturated carbocycles. The smallest absolute Gasteiger partial charge is 0.0926 e. The zero-order valence-corrected chi connectivity index (χ0v) is 13.4. The van der Waals surface area contributed by atoms with E-state index in [1.807, 2.05) is 24.3 Å². The van der Waals surface area contributed by atoms with Gasteiger partial charge in [-0.1, -0.05) is 63.3 Å². The molecule has 2 nitrogen and oxygen atoms in total. The lowest BCUT2D eigenvalue weighted by Crippen LogP contribution is -1.93. The van der Waals surface area contributed by atoms with Gasteiger partial charge in [-0.3, -0.25) is 0 Å². The predicted molar refractivity (Wildman–Crippen MR) is 94.1 cm³/mol. The Morgan fingerprint density at radius 3 is 2.18 bits per heavy atom. The summed E-state index contributed by atoms with van der Waals surface area (Å²) in [6, 6.07) is 14.5. The van der Waals surface area contributed by atoms with Crippen LogP contribution in [0.2, 0.25) is 0 Å². The average molecular weight is 292 g/mol. The Morgan fingerprint density at radius 1 is 0.682 bits per heavy atom. The molecule has 0 aliphatic rings. The Balaban J connectivity index is 1.76. The van der Waals surface area contributed by atoms with E-state index in [1.165, 1.54) is 44.1 Å². The Morgan fingerprint density at radius 2 is 1.36 bits per heavy atom. The molecule has 1 heterocycles. The minimum atomic E-state index is 0.978. The standard InChI is InChI=1S/C20H24N2/c1-2-3-4-5-6-7-11-16-12-10-15-19-20(16)22-18-14-9-8-13-17(18)21-19/h8-10,12-15H,2-7,11H2,1H3. The van der Waals surface area contributed by atoms with Gasteiger partial charge in [0.25, 0.3) is 0 Å². The zero-order valence-electron chi connectivity index (χ0n) is 13.4. The molecule has 0 unspecified atom stereocenters. The number of aromatic nitrogens is 2. The molecule has 0 amide bonds. The highest BCUT2D eigenvalue weighted by atomic mass is 14.8. The largest absolute Gasteiger partial charge is 0.244 e. The van der Waals surface area contributed by atoms with E-state index in [4.69, 9.17) is 9.97 Å². The molecule has 2 heteroatoms. The molecule has 0 aliphatic carbocycles. The average Bonchev–Trinajstić information content (AvgIpc) is 2.56. The van der Waals surface area contributed by atoms with Crippen LogP contribution in [0.5, 0.6) is 0 Å². The van der Waals surface area contributed by atoms with E-state index in [1.54, 1.807) is 0 Å². The molecular formula is C20H24N2. The lowest BCUT2D eigenvalue weighted by atomic mass is 10.0. The summed E-state index contributed by atoms with van der Waals surface area (Å²) >= 11 is 0. The second kappa shape index (κ2) is 7.35. The van der Waals surface area contributed by atoms with Crippen molar-refractivity contribution >= 4 is 22.1 Å². The second-order valence-electron chi connectivity index (χ2n) is 6.01. The van der Waals surface area contributed by atoms with Crippen LogP contribution in [-0.2, 0) is 6.42 Å². The number of nitrogens with zero attached hydrogens (tertiary/aromatic N) is 2. The van der Waals surface area contributed by atoms with Crippen molar-refractivity contribution in [1.29, 1.82) is 0 Å². The molecule has 3 rings (SSSR count). The van der Waals surface area contributed by atoms with Gasteiger partial charge in [0.2, 0.25) is 0 Å². The van der Waals surface area contributed by atoms with Crippen molar-refractivity contribution in [1.82, 2.24) is 9.97 Å². The van der Waals surface area contributed by atoms with Gasteiger partial charge in [-0.05, 0) is 36.6 Å². The molecule has 22 heavy (non-hydrogen) atoms. The topological polar surface area (TPSA) is 25.8 Å². The molecule has 0 fully saturated rings. The van der Waals surface area contributed by atoms with Crippen LogP contribution >= 0.6 is 0 Å². The van der Waals surface area contributed by atoms with E-state index in [-0.39, 0.29) is 0 Å². The number of hydrogen-bond acceptors (Lipinski definition) is 2. The van der Waals surface area contributed by atoms with Crippen molar-refractivity contribution in [3.8, 4) is 0 Å². The van der Waals surface area contributed by atoms with Crippen molar-refractivity contribution in [2.75, 3.05) is 0 Å². The van der Waals surface area contributed by atoms with Crippen molar-refractivity contribution in [3.05, 3.63) is 48.0 Å². The molecule has 0 spiro atoms. The first-order valence-corrected chi connectivity index (χ1v) is 8.53. The summed E-state index contributed by atoms with van der Waals surface area (Å²) in [7, 11) is 0. The van der Waals surface area contributed by atoms with Gasteiger partial charge in [-0.15, -0.1) is 0 Å². The van der Waals surface area contributed by atoms with Crippen LogP contribution < -0.4 is 0 Å². The fraction of sp³-hybridized carbons (Fsp3) is 0.400. The molecule has 114 valence electrons. The zero-order chi connectivity index (χ0) is 15.2. The highest BCUT2D eigenvalue weighted by Crippen LogP contribution is 2.21. The van der Waals surface area contributed by atoms with Gasteiger partial charge < -0.3 is 0 Å². The van der Waals surface area contributed by atoms with E-state index < -0.39 is 0 Å². The van der Waals surface area contributed by atoms with Gasteiger partial charge >= 0.3 is 0 Å². The fourth-order valence-electron chi connectivity index (χ4n) is 3.00. The van der Waals surface area contributed by atoms with Crippen LogP contribution in [0.25, 0.3) is 22.1 Å². The number of rotatable bonds is 7. The van der Waals surface area contributed by atoms with Crippen molar-refractivity contribution in [2.45, 2.75) is 51.9 Å². The number of aryl methyl sites for hydroxylation is 1. The van der Waals surface area contributed by atoms with Crippen LogP contribution in [0.3, 0.4) is 0 Å². The first-order chi connectivity index (χ1) is 10.9. The van der Waals surface area contributed by atoms with Gasteiger partial charge in [-0.25, -0.2) is 9.97 Å². The summed E-state index contributed by atoms with van der Waals surface area (Å²) in [5.41, 5.74) is 5.40. The predicted octanol–water partition coefficient (Wildman–Crippen LogP) is 5.69. The molecule has 3 aromatic rings. The van der Waals surface area contributed by atoms with E-state index in [0.29, 0.717) is 0 Å². The van der Waals surface area contributed by atoms with Gasteiger partial charge in [0.1, 0.15) is 0 Å². The highest BCUT2D eigenvalue weighted by Gasteiger charge is 2.05. The minimum absolute atomic E-state index is 0.978. The molecule has 0 saturated heterocycles. The maximum Gasteiger partial charge on any atom is 0.0926 e. The summed E-state index contributed by atoms with van der Waals surface area (Å²) in [4.78, 5) is 9.59. The quantitative estimate of drug-likeness (QED) is 0.413. The summed E-state index contributed by atoms with van der Waals surface area (Å²) < 4.78 is 0. The van der Waals surface area contributed by atoms with Gasteiger partial charge in [-0.2, -0.15) is 0 Å². The maximum absolute atomic E-state index is 4.84. The number of para-hydroxylation sites is 3. The van der Waals surface area contributed by atoms with Gasteiger partial charge in [0, 0.05) is 0 Å². The third-order valence-electron chi connectivity index (χ3n) is 4.25. The Bertz CT molecular complexity index is 749. The van der Waals surface area contributed by atoms with Crippen LogP contribution in [0.4, 0.5) is 0 Å². The third kappa shape index (κ3) is 3.44. The van der Waals surface area contributed by atoms with Crippen molar-refractivity contribution < 1.29 is 0 Å². The molecule has 0 aliphatic heterocycles. The molecule has 0 bridgehead atoms. The summed E-state index contributed by atoms with van der Waals surface area (Å²) in [5, 5.41) is 0. The summed E-state index contributed by atoms with van der Waals surface area (Å²) in [6.07, 6.45) is 9.08. The Hall–Kier alpha value is -1.96. The van der Waals surface area contributed by atoms with Crippen molar-refractivity contribution in [3.63, 3.8) is 0 Å². The summed E-state index contributed by atoms with van der Waals surface area (Å²) in [6.45, 7) is 2.26. The monoisotopic (exact) mass is 292 g/mol. The normalized spacial score (nSPS) is 11.3. The fourth-order valence-corrected chi connectivity index (χ4v) is 3.00. The minimum Gasteiger partial charge on any atom is -0.244 e. The van der Waals surface area contributed by atoms with Crippen molar-refractivity contribution in [2.24, 2.45) is 0 Å². The first-order valence-electron chi connectivity index (χ1n) is 8.53. The Labute approximate surface area is 132 Å². The molecule has 0 N–H and O–H groups in total. The van der Waals surface area contributed by atoms with Gasteiger partial charge in [0.05, 0.1) is 22.1 Å². The molecule has 1 aromatic heterocycles. The SMILES string of the molecule is CCCCCCCCc1cccc2nc3ccccc3nc12. The van der Waals surface area contributed by atoms with E-state index in [2.05, 4.69) is 25.1 Å². The Kier molecular flexibility index (Phi) is 4.99. The lowest BCUT2D eigenvalue weighted by Gasteiger charge is -2.07. The maximum atomic E-state index is 4.84. The second-order valence-corrected chi connectivity index (χ2v) is 6.01.